The van der Waals surface area contributed by atoms with E-state index in [0.29, 0.717) is 17.4 Å². The van der Waals surface area contributed by atoms with Gasteiger partial charge in [0.05, 0.1) is 11.3 Å². The number of nitrogens with zero attached hydrogens (tertiary/aromatic N) is 4. The maximum absolute atomic E-state index is 7.80. The summed E-state index contributed by atoms with van der Waals surface area (Å²) in [6.07, 6.45) is 2.45. The van der Waals surface area contributed by atoms with E-state index in [1.807, 2.05) is 20.9 Å². The van der Waals surface area contributed by atoms with Gasteiger partial charge >= 0.3 is 0 Å². The van der Waals surface area contributed by atoms with Crippen LogP contribution in [0.15, 0.2) is 0 Å². The molecule has 0 aliphatic carbocycles. The summed E-state index contributed by atoms with van der Waals surface area (Å²) in [7, 11) is 4.15. The minimum atomic E-state index is 0.0575. The molecule has 0 bridgehead atoms. The standard InChI is InChI=1S/C14H24N6/c1-9-10(2)17-18-14(12(9)13(15)16)20(4)8-11-6-5-7-19(11)3/h11H,5-8H2,1-4H3,(H3,15,16). The maximum atomic E-state index is 7.80. The lowest BCUT2D eigenvalue weighted by atomic mass is 10.1. The van der Waals surface area contributed by atoms with Crippen molar-refractivity contribution in [1.82, 2.24) is 15.1 Å². The first-order chi connectivity index (χ1) is 9.41. The highest BCUT2D eigenvalue weighted by Gasteiger charge is 2.24. The summed E-state index contributed by atoms with van der Waals surface area (Å²) in [5.41, 5.74) is 8.21. The highest BCUT2D eigenvalue weighted by molar-refractivity contribution is 6.01. The van der Waals surface area contributed by atoms with Crippen LogP contribution in [0.1, 0.15) is 29.7 Å². The van der Waals surface area contributed by atoms with Crippen molar-refractivity contribution in [3.05, 3.63) is 16.8 Å². The zero-order valence-electron chi connectivity index (χ0n) is 12.8. The van der Waals surface area contributed by atoms with Gasteiger partial charge in [0.1, 0.15) is 5.84 Å². The number of rotatable bonds is 4. The highest BCUT2D eigenvalue weighted by Crippen LogP contribution is 2.23. The number of nitrogen functional groups attached to an aromatic ring is 1. The van der Waals surface area contributed by atoms with Crippen molar-refractivity contribution in [2.45, 2.75) is 32.7 Å². The predicted octanol–water partition coefficient (Wildman–Crippen LogP) is 0.908. The molecule has 1 aromatic heterocycles. The molecule has 6 heteroatoms. The Balaban J connectivity index is 2.27. The Morgan fingerprint density at radius 1 is 1.45 bits per heavy atom. The third kappa shape index (κ3) is 2.75. The molecule has 1 atom stereocenters. The summed E-state index contributed by atoms with van der Waals surface area (Å²) in [4.78, 5) is 4.45. The van der Waals surface area contributed by atoms with Crippen molar-refractivity contribution in [1.29, 1.82) is 5.41 Å². The molecule has 1 aromatic rings. The molecule has 1 saturated heterocycles. The van der Waals surface area contributed by atoms with E-state index in [-0.39, 0.29) is 5.84 Å². The van der Waals surface area contributed by atoms with Crippen molar-refractivity contribution in [2.24, 2.45) is 5.73 Å². The van der Waals surface area contributed by atoms with Crippen LogP contribution < -0.4 is 10.6 Å². The van der Waals surface area contributed by atoms with E-state index in [1.165, 1.54) is 12.8 Å². The largest absolute Gasteiger partial charge is 0.384 e. The Kier molecular flexibility index (Phi) is 4.23. The van der Waals surface area contributed by atoms with Gasteiger partial charge in [-0.05, 0) is 45.8 Å². The fraction of sp³-hybridized carbons (Fsp3) is 0.643. The van der Waals surface area contributed by atoms with Crippen molar-refractivity contribution >= 4 is 11.7 Å². The Morgan fingerprint density at radius 2 is 2.15 bits per heavy atom. The minimum absolute atomic E-state index is 0.0575. The molecule has 0 saturated carbocycles. The van der Waals surface area contributed by atoms with Gasteiger partial charge in [0, 0.05) is 19.6 Å². The summed E-state index contributed by atoms with van der Waals surface area (Å²) in [6.45, 7) is 5.87. The zero-order chi connectivity index (χ0) is 14.9. The van der Waals surface area contributed by atoms with Crippen LogP contribution in [0.5, 0.6) is 0 Å². The summed E-state index contributed by atoms with van der Waals surface area (Å²) in [5.74, 6) is 0.767. The molecule has 1 aliphatic rings. The number of nitrogens with two attached hydrogens (primary N) is 1. The normalized spacial score (nSPS) is 19.3. The minimum Gasteiger partial charge on any atom is -0.384 e. The first-order valence-electron chi connectivity index (χ1n) is 7.01. The van der Waals surface area contributed by atoms with Gasteiger partial charge in [-0.15, -0.1) is 5.10 Å². The average molecular weight is 276 g/mol. The number of likely N-dealkylation sites (tertiary alicyclic amines) is 1. The monoisotopic (exact) mass is 276 g/mol. The lowest BCUT2D eigenvalue weighted by Crippen LogP contribution is -2.38. The first kappa shape index (κ1) is 14.7. The second-order valence-electron chi connectivity index (χ2n) is 5.68. The Bertz CT molecular complexity index is 513. The fourth-order valence-corrected chi connectivity index (χ4v) is 2.80. The molecule has 0 aromatic carbocycles. The molecule has 2 rings (SSSR count). The van der Waals surface area contributed by atoms with Crippen LogP contribution in [0.25, 0.3) is 0 Å². The second-order valence-corrected chi connectivity index (χ2v) is 5.68. The lowest BCUT2D eigenvalue weighted by Gasteiger charge is -2.28. The van der Waals surface area contributed by atoms with Crippen LogP contribution in [-0.2, 0) is 0 Å². The number of amidine groups is 1. The number of likely N-dealkylation sites (N-methyl/N-ethyl adjacent to an activating group) is 2. The van der Waals surface area contributed by atoms with E-state index >= 15 is 0 Å². The molecular formula is C14H24N6. The fourth-order valence-electron chi connectivity index (χ4n) is 2.80. The zero-order valence-corrected chi connectivity index (χ0v) is 12.8. The Hall–Kier alpha value is -1.69. The quantitative estimate of drug-likeness (QED) is 0.631. The van der Waals surface area contributed by atoms with Crippen molar-refractivity contribution in [3.63, 3.8) is 0 Å². The molecule has 1 fully saturated rings. The molecule has 1 unspecified atom stereocenters. The third-order valence-electron chi connectivity index (χ3n) is 4.22. The van der Waals surface area contributed by atoms with Crippen molar-refractivity contribution in [2.75, 3.05) is 32.1 Å². The van der Waals surface area contributed by atoms with Crippen molar-refractivity contribution < 1.29 is 0 Å². The van der Waals surface area contributed by atoms with E-state index in [9.17, 15) is 0 Å². The number of hydrogen-bond acceptors (Lipinski definition) is 5. The number of hydrogen-bond donors (Lipinski definition) is 2. The molecule has 0 radical (unpaired) electrons. The second kappa shape index (κ2) is 5.75. The average Bonchev–Trinajstić information content (AvgIpc) is 2.77. The number of aryl methyl sites for hydroxylation is 1. The lowest BCUT2D eigenvalue weighted by molar-refractivity contribution is 0.314. The maximum Gasteiger partial charge on any atom is 0.162 e. The van der Waals surface area contributed by atoms with Crippen LogP contribution in [-0.4, -0.2) is 54.2 Å². The molecule has 1 aliphatic heterocycles. The Labute approximate surface area is 120 Å². The molecule has 6 nitrogen and oxygen atoms in total. The molecule has 20 heavy (non-hydrogen) atoms. The molecule has 0 amide bonds. The van der Waals surface area contributed by atoms with Gasteiger partial charge in [-0.1, -0.05) is 0 Å². The van der Waals surface area contributed by atoms with Gasteiger partial charge in [-0.25, -0.2) is 0 Å². The number of anilines is 1. The Morgan fingerprint density at radius 3 is 2.70 bits per heavy atom. The first-order valence-corrected chi connectivity index (χ1v) is 7.01. The van der Waals surface area contributed by atoms with Crippen LogP contribution in [0.3, 0.4) is 0 Å². The molecule has 110 valence electrons. The third-order valence-corrected chi connectivity index (χ3v) is 4.22. The molecule has 3 N–H and O–H groups in total. The number of nitrogens with one attached hydrogen (secondary N) is 1. The van der Waals surface area contributed by atoms with Gasteiger partial charge in [-0.3, -0.25) is 5.41 Å². The topological polar surface area (TPSA) is 82.1 Å². The van der Waals surface area contributed by atoms with Gasteiger partial charge in [0.2, 0.25) is 0 Å². The van der Waals surface area contributed by atoms with Gasteiger partial charge < -0.3 is 15.5 Å². The van der Waals surface area contributed by atoms with Crippen LogP contribution in [0.2, 0.25) is 0 Å². The molecule has 0 spiro atoms. The van der Waals surface area contributed by atoms with Gasteiger partial charge in [0.15, 0.2) is 5.82 Å². The van der Waals surface area contributed by atoms with Gasteiger partial charge in [-0.2, -0.15) is 5.10 Å². The summed E-state index contributed by atoms with van der Waals surface area (Å²) >= 11 is 0. The SMILES string of the molecule is Cc1nnc(N(C)CC2CCCN2C)c(C(=N)N)c1C. The van der Waals surface area contributed by atoms with Crippen LogP contribution in [0, 0.1) is 19.3 Å². The van der Waals surface area contributed by atoms with Gasteiger partial charge in [0.25, 0.3) is 0 Å². The van der Waals surface area contributed by atoms with Crippen molar-refractivity contribution in [3.8, 4) is 0 Å². The van der Waals surface area contributed by atoms with E-state index in [2.05, 4.69) is 27.0 Å². The summed E-state index contributed by atoms with van der Waals surface area (Å²) < 4.78 is 0. The summed E-state index contributed by atoms with van der Waals surface area (Å²) in [5, 5.41) is 16.2. The smallest absolute Gasteiger partial charge is 0.162 e. The van der Waals surface area contributed by atoms with E-state index < -0.39 is 0 Å². The highest BCUT2D eigenvalue weighted by atomic mass is 15.3. The molecule has 2 heterocycles. The summed E-state index contributed by atoms with van der Waals surface area (Å²) in [6, 6.07) is 0.531. The van der Waals surface area contributed by atoms with E-state index in [4.69, 9.17) is 11.1 Å². The number of aromatic nitrogens is 2. The van der Waals surface area contributed by atoms with Crippen LogP contribution in [0.4, 0.5) is 5.82 Å². The van der Waals surface area contributed by atoms with Crippen LogP contribution >= 0.6 is 0 Å². The van der Waals surface area contributed by atoms with E-state index in [1.54, 1.807) is 0 Å². The van der Waals surface area contributed by atoms with E-state index in [0.717, 1.165) is 24.3 Å². The molecular weight excluding hydrogens is 252 g/mol. The predicted molar refractivity (Wildman–Crippen MR) is 81.4 cm³/mol.